The topological polar surface area (TPSA) is 76.1 Å². The molecule has 2 N–H and O–H groups in total. The Morgan fingerprint density at radius 2 is 2.00 bits per heavy atom. The number of nitrogens with two attached hydrogens (primary N) is 1. The lowest BCUT2D eigenvalue weighted by Gasteiger charge is -2.08. The van der Waals surface area contributed by atoms with Crippen molar-refractivity contribution in [3.05, 3.63) is 63.4 Å². The number of anilines is 1. The fourth-order valence-electron chi connectivity index (χ4n) is 1.62. The third kappa shape index (κ3) is 3.58. The van der Waals surface area contributed by atoms with Crippen molar-refractivity contribution >= 4 is 27.6 Å². The van der Waals surface area contributed by atoms with E-state index in [9.17, 15) is 9.18 Å². The van der Waals surface area contributed by atoms with Crippen LogP contribution < -0.4 is 5.73 Å². The van der Waals surface area contributed by atoms with E-state index in [4.69, 9.17) is 15.7 Å². The van der Waals surface area contributed by atoms with Gasteiger partial charge in [-0.3, -0.25) is 0 Å². The molecule has 0 aromatic heterocycles. The Bertz CT molecular complexity index is 724. The lowest BCUT2D eigenvalue weighted by Crippen LogP contribution is -2.07. The van der Waals surface area contributed by atoms with Crippen molar-refractivity contribution < 1.29 is 13.9 Å². The highest BCUT2D eigenvalue weighted by molar-refractivity contribution is 9.10. The summed E-state index contributed by atoms with van der Waals surface area (Å²) in [6.07, 6.45) is 0. The van der Waals surface area contributed by atoms with Crippen molar-refractivity contribution in [2.24, 2.45) is 0 Å². The monoisotopic (exact) mass is 348 g/mol. The van der Waals surface area contributed by atoms with Crippen LogP contribution in [0.2, 0.25) is 0 Å². The molecule has 0 aliphatic heterocycles. The van der Waals surface area contributed by atoms with Crippen molar-refractivity contribution in [3.8, 4) is 6.07 Å². The zero-order valence-electron chi connectivity index (χ0n) is 10.8. The molecule has 2 aromatic rings. The molecule has 0 unspecified atom stereocenters. The van der Waals surface area contributed by atoms with E-state index in [1.807, 2.05) is 6.07 Å². The molecule has 0 saturated carbocycles. The van der Waals surface area contributed by atoms with E-state index in [0.717, 1.165) is 11.6 Å². The van der Waals surface area contributed by atoms with Gasteiger partial charge in [0.05, 0.1) is 22.9 Å². The molecule has 6 heteroatoms. The normalized spacial score (nSPS) is 9.95. The van der Waals surface area contributed by atoms with Gasteiger partial charge in [0.2, 0.25) is 0 Å². The number of esters is 1. The van der Waals surface area contributed by atoms with E-state index in [1.54, 1.807) is 24.3 Å². The standard InChI is InChI=1S/C15H10BrFN2O2/c16-12-6-13(17)14(19)5-11(12)15(20)21-8-10-3-1-9(7-18)2-4-10/h1-6H,8,19H2. The minimum absolute atomic E-state index is 0.0499. The maximum atomic E-state index is 13.2. The Morgan fingerprint density at radius 1 is 1.33 bits per heavy atom. The summed E-state index contributed by atoms with van der Waals surface area (Å²) in [4.78, 5) is 11.9. The zero-order valence-corrected chi connectivity index (χ0v) is 12.4. The number of carbonyl (C=O) groups excluding carboxylic acids is 1. The van der Waals surface area contributed by atoms with Crippen LogP contribution in [0.3, 0.4) is 0 Å². The van der Waals surface area contributed by atoms with Gasteiger partial charge in [0.15, 0.2) is 0 Å². The molecule has 0 aliphatic rings. The first-order chi connectivity index (χ1) is 10.0. The average molecular weight is 349 g/mol. The first-order valence-electron chi connectivity index (χ1n) is 5.92. The fraction of sp³-hybridized carbons (Fsp3) is 0.0667. The Labute approximate surface area is 129 Å². The number of hydrogen-bond donors (Lipinski definition) is 1. The highest BCUT2D eigenvalue weighted by Gasteiger charge is 2.14. The molecule has 0 amide bonds. The number of halogens is 2. The minimum atomic E-state index is -0.613. The third-order valence-corrected chi connectivity index (χ3v) is 3.42. The number of ether oxygens (including phenoxy) is 1. The summed E-state index contributed by atoms with van der Waals surface area (Å²) in [6, 6.07) is 11.0. The summed E-state index contributed by atoms with van der Waals surface area (Å²) in [5.41, 5.74) is 6.74. The number of hydrogen-bond acceptors (Lipinski definition) is 4. The summed E-state index contributed by atoms with van der Waals surface area (Å²) in [5, 5.41) is 8.69. The van der Waals surface area contributed by atoms with Gasteiger partial charge < -0.3 is 10.5 Å². The first-order valence-corrected chi connectivity index (χ1v) is 6.71. The largest absolute Gasteiger partial charge is 0.457 e. The molecule has 4 nitrogen and oxygen atoms in total. The summed E-state index contributed by atoms with van der Waals surface area (Å²) in [6.45, 7) is 0.0499. The summed E-state index contributed by atoms with van der Waals surface area (Å²) < 4.78 is 18.6. The van der Waals surface area contributed by atoms with Crippen LogP contribution in [0.25, 0.3) is 0 Å². The minimum Gasteiger partial charge on any atom is -0.457 e. The molecule has 21 heavy (non-hydrogen) atoms. The maximum absolute atomic E-state index is 13.2. The van der Waals surface area contributed by atoms with Gasteiger partial charge >= 0.3 is 5.97 Å². The zero-order chi connectivity index (χ0) is 15.4. The van der Waals surface area contributed by atoms with Gasteiger partial charge in [-0.15, -0.1) is 0 Å². The second-order valence-electron chi connectivity index (χ2n) is 4.24. The summed E-state index contributed by atoms with van der Waals surface area (Å²) in [5.74, 6) is -1.22. The molecule has 2 aromatic carbocycles. The molecule has 0 heterocycles. The Morgan fingerprint density at radius 3 is 2.62 bits per heavy atom. The Kier molecular flexibility index (Phi) is 4.55. The number of benzene rings is 2. The van der Waals surface area contributed by atoms with Gasteiger partial charge in [-0.2, -0.15) is 5.26 Å². The van der Waals surface area contributed by atoms with Gasteiger partial charge in [0.1, 0.15) is 12.4 Å². The Hall–Kier alpha value is -2.39. The van der Waals surface area contributed by atoms with Crippen LogP contribution in [-0.4, -0.2) is 5.97 Å². The van der Waals surface area contributed by atoms with Crippen molar-refractivity contribution in [3.63, 3.8) is 0 Å². The SMILES string of the molecule is N#Cc1ccc(COC(=O)c2cc(N)c(F)cc2Br)cc1. The predicted molar refractivity (Wildman–Crippen MR) is 78.8 cm³/mol. The van der Waals surface area contributed by atoms with Gasteiger partial charge in [-0.05, 0) is 45.8 Å². The quantitative estimate of drug-likeness (QED) is 0.681. The highest BCUT2D eigenvalue weighted by Crippen LogP contribution is 2.23. The van der Waals surface area contributed by atoms with Crippen LogP contribution in [-0.2, 0) is 11.3 Å². The van der Waals surface area contributed by atoms with E-state index >= 15 is 0 Å². The summed E-state index contributed by atoms with van der Waals surface area (Å²) >= 11 is 3.09. The molecule has 0 aliphatic carbocycles. The fourth-order valence-corrected chi connectivity index (χ4v) is 2.10. The number of carbonyl (C=O) groups is 1. The van der Waals surface area contributed by atoms with Crippen molar-refractivity contribution in [1.82, 2.24) is 0 Å². The molecule has 0 fully saturated rings. The molecule has 0 saturated heterocycles. The maximum Gasteiger partial charge on any atom is 0.339 e. The van der Waals surface area contributed by atoms with Crippen molar-refractivity contribution in [1.29, 1.82) is 5.26 Å². The molecule has 2 rings (SSSR count). The van der Waals surface area contributed by atoms with Crippen LogP contribution in [0.5, 0.6) is 0 Å². The number of rotatable bonds is 3. The van der Waals surface area contributed by atoms with E-state index in [1.165, 1.54) is 6.07 Å². The average Bonchev–Trinajstić information content (AvgIpc) is 2.49. The Balaban J connectivity index is 2.08. The van der Waals surface area contributed by atoms with E-state index in [2.05, 4.69) is 15.9 Å². The lowest BCUT2D eigenvalue weighted by molar-refractivity contribution is 0.0471. The second-order valence-corrected chi connectivity index (χ2v) is 5.09. The van der Waals surface area contributed by atoms with Crippen LogP contribution in [0.1, 0.15) is 21.5 Å². The van der Waals surface area contributed by atoms with Gasteiger partial charge in [-0.1, -0.05) is 12.1 Å². The summed E-state index contributed by atoms with van der Waals surface area (Å²) in [7, 11) is 0. The predicted octanol–water partition coefficient (Wildman–Crippen LogP) is 3.40. The van der Waals surface area contributed by atoms with Crippen LogP contribution in [0.4, 0.5) is 10.1 Å². The van der Waals surface area contributed by atoms with E-state index in [-0.39, 0.29) is 22.3 Å². The number of nitriles is 1. The lowest BCUT2D eigenvalue weighted by atomic mass is 10.1. The van der Waals surface area contributed by atoms with Crippen molar-refractivity contribution in [2.45, 2.75) is 6.61 Å². The molecule has 0 radical (unpaired) electrons. The molecular weight excluding hydrogens is 339 g/mol. The van der Waals surface area contributed by atoms with Crippen molar-refractivity contribution in [2.75, 3.05) is 5.73 Å². The first kappa shape index (κ1) is 15.0. The molecule has 0 bridgehead atoms. The number of nitrogens with zero attached hydrogens (tertiary/aromatic N) is 1. The second kappa shape index (κ2) is 6.37. The van der Waals surface area contributed by atoms with Gasteiger partial charge in [0.25, 0.3) is 0 Å². The van der Waals surface area contributed by atoms with Crippen LogP contribution in [0.15, 0.2) is 40.9 Å². The highest BCUT2D eigenvalue weighted by atomic mass is 79.9. The number of nitrogen functional groups attached to an aromatic ring is 1. The van der Waals surface area contributed by atoms with Crippen LogP contribution in [0, 0.1) is 17.1 Å². The van der Waals surface area contributed by atoms with Gasteiger partial charge in [-0.25, -0.2) is 9.18 Å². The molecular formula is C15H10BrFN2O2. The smallest absolute Gasteiger partial charge is 0.339 e. The molecule has 0 spiro atoms. The van der Waals surface area contributed by atoms with Gasteiger partial charge in [0, 0.05) is 4.47 Å². The third-order valence-electron chi connectivity index (χ3n) is 2.76. The molecule has 0 atom stereocenters. The van der Waals surface area contributed by atoms with Crippen LogP contribution >= 0.6 is 15.9 Å². The molecule has 106 valence electrons. The van der Waals surface area contributed by atoms with E-state index in [0.29, 0.717) is 5.56 Å². The van der Waals surface area contributed by atoms with E-state index < -0.39 is 11.8 Å².